The molecule has 15 heavy (non-hydrogen) atoms. The van der Waals surface area contributed by atoms with Crippen LogP contribution < -0.4 is 11.1 Å². The Labute approximate surface area is 82.0 Å². The number of aromatic amines is 2. The Morgan fingerprint density at radius 1 is 1.47 bits per heavy atom. The van der Waals surface area contributed by atoms with E-state index >= 15 is 0 Å². The second-order valence-electron chi connectivity index (χ2n) is 3.10. The standard InChI is InChI=1S/C8H7N3O4/c1-3-2-4(12)11-6(9-3)5(8(14)15)7(13)10-11/h2,9H,1H3,(H,10,13)(H,14,15). The summed E-state index contributed by atoms with van der Waals surface area (Å²) < 4.78 is 0.874. The quantitative estimate of drug-likeness (QED) is 0.578. The van der Waals surface area contributed by atoms with Gasteiger partial charge in [0.15, 0.2) is 11.2 Å². The third-order valence-electron chi connectivity index (χ3n) is 1.99. The molecule has 3 N–H and O–H groups in total. The highest BCUT2D eigenvalue weighted by atomic mass is 16.4. The third kappa shape index (κ3) is 1.25. The van der Waals surface area contributed by atoms with Crippen LogP contribution in [0.3, 0.4) is 0 Å². The van der Waals surface area contributed by atoms with Crippen molar-refractivity contribution in [3.05, 3.63) is 38.0 Å². The van der Waals surface area contributed by atoms with Gasteiger partial charge in [0.25, 0.3) is 11.1 Å². The van der Waals surface area contributed by atoms with Gasteiger partial charge in [-0.05, 0) is 6.92 Å². The molecule has 2 rings (SSSR count). The zero-order valence-electron chi connectivity index (χ0n) is 7.70. The molecule has 2 aromatic heterocycles. The fourth-order valence-corrected chi connectivity index (χ4v) is 1.39. The van der Waals surface area contributed by atoms with Crippen molar-refractivity contribution in [2.75, 3.05) is 0 Å². The van der Waals surface area contributed by atoms with Crippen molar-refractivity contribution >= 4 is 11.6 Å². The predicted molar refractivity (Wildman–Crippen MR) is 50.3 cm³/mol. The van der Waals surface area contributed by atoms with E-state index in [9.17, 15) is 14.4 Å². The second kappa shape index (κ2) is 2.84. The number of carboxylic acid groups (broad SMARTS) is 1. The second-order valence-corrected chi connectivity index (χ2v) is 3.10. The van der Waals surface area contributed by atoms with Crippen LogP contribution in [0.2, 0.25) is 0 Å². The van der Waals surface area contributed by atoms with E-state index in [0.29, 0.717) is 5.69 Å². The molecule has 7 heteroatoms. The van der Waals surface area contributed by atoms with Gasteiger partial charge < -0.3 is 10.1 Å². The Kier molecular flexibility index (Phi) is 1.75. The van der Waals surface area contributed by atoms with Gasteiger partial charge in [0, 0.05) is 11.8 Å². The van der Waals surface area contributed by atoms with Crippen molar-refractivity contribution in [3.8, 4) is 0 Å². The van der Waals surface area contributed by atoms with Crippen LogP contribution in [-0.4, -0.2) is 25.7 Å². The molecule has 0 aromatic carbocycles. The van der Waals surface area contributed by atoms with Gasteiger partial charge in [0.05, 0.1) is 0 Å². The number of H-pyrrole nitrogens is 2. The fourth-order valence-electron chi connectivity index (χ4n) is 1.39. The lowest BCUT2D eigenvalue weighted by Crippen LogP contribution is -2.15. The summed E-state index contributed by atoms with van der Waals surface area (Å²) in [6.07, 6.45) is 0. The predicted octanol–water partition coefficient (Wildman–Crippen LogP) is -0.677. The summed E-state index contributed by atoms with van der Waals surface area (Å²) in [5.41, 5.74) is -1.29. The Hall–Kier alpha value is -2.31. The molecule has 2 heterocycles. The lowest BCUT2D eigenvalue weighted by Gasteiger charge is -1.96. The minimum atomic E-state index is -1.37. The lowest BCUT2D eigenvalue weighted by molar-refractivity contribution is 0.0697. The molecule has 0 saturated carbocycles. The fraction of sp³-hybridized carbons (Fsp3) is 0.125. The van der Waals surface area contributed by atoms with Crippen molar-refractivity contribution in [2.24, 2.45) is 0 Å². The number of fused-ring (bicyclic) bond motifs is 1. The van der Waals surface area contributed by atoms with Crippen molar-refractivity contribution in [2.45, 2.75) is 6.92 Å². The Morgan fingerprint density at radius 2 is 2.13 bits per heavy atom. The monoisotopic (exact) mass is 209 g/mol. The lowest BCUT2D eigenvalue weighted by atomic mass is 10.3. The maximum atomic E-state index is 11.4. The summed E-state index contributed by atoms with van der Waals surface area (Å²) in [4.78, 5) is 36.0. The maximum absolute atomic E-state index is 11.4. The first-order chi connectivity index (χ1) is 7.00. The number of carboxylic acids is 1. The molecule has 0 unspecified atom stereocenters. The van der Waals surface area contributed by atoms with E-state index in [2.05, 4.69) is 10.1 Å². The number of aromatic carboxylic acids is 1. The maximum Gasteiger partial charge on any atom is 0.345 e. The van der Waals surface area contributed by atoms with Gasteiger partial charge in [-0.2, -0.15) is 4.52 Å². The number of carbonyl (C=O) groups is 1. The van der Waals surface area contributed by atoms with E-state index in [0.717, 1.165) is 4.52 Å². The molecule has 0 amide bonds. The number of aryl methyl sites for hydroxylation is 1. The molecule has 78 valence electrons. The SMILES string of the molecule is Cc1cc(=O)n2[nH]c(=O)c(C(=O)O)c2[nH]1. The first-order valence-corrected chi connectivity index (χ1v) is 4.08. The van der Waals surface area contributed by atoms with Crippen molar-refractivity contribution in [3.63, 3.8) is 0 Å². The highest BCUT2D eigenvalue weighted by Gasteiger charge is 2.17. The van der Waals surface area contributed by atoms with Crippen LogP contribution in [0.15, 0.2) is 15.7 Å². The normalized spacial score (nSPS) is 10.7. The van der Waals surface area contributed by atoms with Crippen LogP contribution in [0.25, 0.3) is 5.65 Å². The summed E-state index contributed by atoms with van der Waals surface area (Å²) >= 11 is 0. The summed E-state index contributed by atoms with van der Waals surface area (Å²) in [6, 6.07) is 1.26. The zero-order valence-corrected chi connectivity index (χ0v) is 7.70. The van der Waals surface area contributed by atoms with E-state index < -0.39 is 22.7 Å². The molecule has 0 spiro atoms. The molecule has 0 atom stereocenters. The molecule has 0 bridgehead atoms. The molecule has 0 aliphatic carbocycles. The average Bonchev–Trinajstić information content (AvgIpc) is 2.41. The minimum absolute atomic E-state index is 0.0301. The molecule has 0 radical (unpaired) electrons. The van der Waals surface area contributed by atoms with Crippen LogP contribution in [0.1, 0.15) is 16.1 Å². The van der Waals surface area contributed by atoms with E-state index in [-0.39, 0.29) is 5.65 Å². The number of nitrogens with zero attached hydrogens (tertiary/aromatic N) is 1. The van der Waals surface area contributed by atoms with Crippen LogP contribution in [0.4, 0.5) is 0 Å². The minimum Gasteiger partial charge on any atom is -0.477 e. The number of nitrogens with one attached hydrogen (secondary N) is 2. The highest BCUT2D eigenvalue weighted by Crippen LogP contribution is 2.01. The largest absolute Gasteiger partial charge is 0.477 e. The van der Waals surface area contributed by atoms with Crippen molar-refractivity contribution in [1.82, 2.24) is 14.6 Å². The van der Waals surface area contributed by atoms with E-state index in [4.69, 9.17) is 5.11 Å². The van der Waals surface area contributed by atoms with E-state index in [1.54, 1.807) is 6.92 Å². The average molecular weight is 209 g/mol. The first-order valence-electron chi connectivity index (χ1n) is 4.08. The first kappa shape index (κ1) is 9.25. The van der Waals surface area contributed by atoms with Gasteiger partial charge in [-0.25, -0.2) is 4.79 Å². The Balaban J connectivity index is 3.06. The van der Waals surface area contributed by atoms with Crippen LogP contribution in [-0.2, 0) is 0 Å². The number of hydrogen-bond donors (Lipinski definition) is 3. The Bertz CT molecular complexity index is 661. The van der Waals surface area contributed by atoms with Crippen LogP contribution in [0.5, 0.6) is 0 Å². The summed E-state index contributed by atoms with van der Waals surface area (Å²) in [5, 5.41) is 10.9. The van der Waals surface area contributed by atoms with Gasteiger partial charge in [-0.3, -0.25) is 14.7 Å². The number of rotatable bonds is 1. The van der Waals surface area contributed by atoms with Crippen LogP contribution in [0, 0.1) is 6.92 Å². The van der Waals surface area contributed by atoms with Gasteiger partial charge in [0.1, 0.15) is 0 Å². The van der Waals surface area contributed by atoms with E-state index in [1.807, 2.05) is 0 Å². The molecule has 7 nitrogen and oxygen atoms in total. The summed E-state index contributed by atoms with van der Waals surface area (Å²) in [5.74, 6) is -1.37. The van der Waals surface area contributed by atoms with Gasteiger partial charge >= 0.3 is 5.97 Å². The molecular weight excluding hydrogens is 202 g/mol. The topological polar surface area (TPSA) is 107 Å². The summed E-state index contributed by atoms with van der Waals surface area (Å²) in [6.45, 7) is 1.60. The molecular formula is C8H7N3O4. The molecule has 0 aliphatic rings. The van der Waals surface area contributed by atoms with Gasteiger partial charge in [0.2, 0.25) is 0 Å². The number of hydrogen-bond acceptors (Lipinski definition) is 3. The van der Waals surface area contributed by atoms with E-state index in [1.165, 1.54) is 6.07 Å². The Morgan fingerprint density at radius 3 is 2.73 bits per heavy atom. The van der Waals surface area contributed by atoms with Crippen LogP contribution >= 0.6 is 0 Å². The molecule has 0 fully saturated rings. The van der Waals surface area contributed by atoms with Crippen molar-refractivity contribution in [1.29, 1.82) is 0 Å². The molecule has 0 saturated heterocycles. The zero-order chi connectivity index (χ0) is 11.2. The smallest absolute Gasteiger partial charge is 0.345 e. The van der Waals surface area contributed by atoms with Gasteiger partial charge in [-0.1, -0.05) is 0 Å². The number of aromatic nitrogens is 3. The summed E-state index contributed by atoms with van der Waals surface area (Å²) in [7, 11) is 0. The van der Waals surface area contributed by atoms with Crippen molar-refractivity contribution < 1.29 is 9.90 Å². The molecule has 0 aliphatic heterocycles. The van der Waals surface area contributed by atoms with Gasteiger partial charge in [-0.15, -0.1) is 0 Å². The third-order valence-corrected chi connectivity index (χ3v) is 1.99. The highest BCUT2D eigenvalue weighted by molar-refractivity contribution is 5.93. The molecule has 2 aromatic rings.